The van der Waals surface area contributed by atoms with Gasteiger partial charge in [-0.15, -0.1) is 0 Å². The highest BCUT2D eigenvalue weighted by atomic mass is 32.2. The van der Waals surface area contributed by atoms with Gasteiger partial charge in [-0.05, 0) is 49.1 Å². The summed E-state index contributed by atoms with van der Waals surface area (Å²) in [5.41, 5.74) is 1.94. The molecule has 4 rings (SSSR count). The van der Waals surface area contributed by atoms with Gasteiger partial charge in [0.15, 0.2) is 4.90 Å². The first-order valence-electron chi connectivity index (χ1n) is 14.4. The third-order valence-electron chi connectivity index (χ3n) is 7.27. The van der Waals surface area contributed by atoms with Crippen LogP contribution >= 0.6 is 0 Å². The third kappa shape index (κ3) is 9.69. The number of likely N-dealkylation sites (tertiary alicyclic amines) is 1. The van der Waals surface area contributed by atoms with Gasteiger partial charge >= 0.3 is 6.18 Å². The molecule has 1 aliphatic rings. The number of carbonyl (C=O) groups excluding carboxylic acids is 1. The number of piperidine rings is 1. The SMILES string of the molecule is COCC(O)CN1CCC(Nc2cccc3c2cc(C#CCNc2ccc([S+]([O-])NC(C)=O)cc2OC)n3CC(F)(F)F)CC1. The van der Waals surface area contributed by atoms with E-state index in [4.69, 9.17) is 9.47 Å². The molecular weight excluding hydrogens is 611 g/mol. The van der Waals surface area contributed by atoms with Crippen LogP contribution in [0.1, 0.15) is 25.5 Å². The molecule has 0 aliphatic carbocycles. The van der Waals surface area contributed by atoms with Crippen molar-refractivity contribution < 1.29 is 37.1 Å². The molecule has 2 aromatic carbocycles. The van der Waals surface area contributed by atoms with E-state index in [1.54, 1.807) is 37.4 Å². The molecule has 0 spiro atoms. The van der Waals surface area contributed by atoms with Gasteiger partial charge in [-0.2, -0.15) is 17.9 Å². The Labute approximate surface area is 263 Å². The molecule has 1 aromatic heterocycles. The van der Waals surface area contributed by atoms with Crippen LogP contribution in [0.15, 0.2) is 47.4 Å². The number of benzene rings is 2. The van der Waals surface area contributed by atoms with Crippen LogP contribution in [-0.4, -0.2) is 90.4 Å². The Kier molecular flexibility index (Phi) is 11.9. The fourth-order valence-corrected chi connectivity index (χ4v) is 6.07. The van der Waals surface area contributed by atoms with Gasteiger partial charge in [0.2, 0.25) is 0 Å². The number of ether oxygens (including phenoxy) is 2. The zero-order chi connectivity index (χ0) is 32.6. The van der Waals surface area contributed by atoms with E-state index >= 15 is 0 Å². The summed E-state index contributed by atoms with van der Waals surface area (Å²) >= 11 is -1.75. The minimum atomic E-state index is -4.45. The van der Waals surface area contributed by atoms with E-state index < -0.39 is 36.1 Å². The standard InChI is InChI=1S/C31H38F3N5O5S/c1-21(40)37-45(42)25-9-10-28(30(17-25)44-3)35-13-5-6-23-16-26-27(7-4-8-29(26)39(23)20-31(32,33)34)36-22-11-14-38(15-12-22)18-24(41)19-43-2/h4,7-10,16-17,22,24,35-36,41H,11-15,18-20H2,1-3H3,(H,37,40). The number of carbonyl (C=O) groups is 1. The van der Waals surface area contributed by atoms with E-state index in [1.165, 1.54) is 24.7 Å². The van der Waals surface area contributed by atoms with Crippen molar-refractivity contribution in [2.24, 2.45) is 0 Å². The predicted octanol–water partition coefficient (Wildman–Crippen LogP) is 3.72. The Hall–Kier alpha value is -3.61. The summed E-state index contributed by atoms with van der Waals surface area (Å²) in [5.74, 6) is 5.73. The van der Waals surface area contributed by atoms with Crippen LogP contribution < -0.4 is 20.1 Å². The van der Waals surface area contributed by atoms with Crippen LogP contribution in [-0.2, 0) is 27.4 Å². The minimum Gasteiger partial charge on any atom is -0.588 e. The molecular formula is C31H38F3N5O5S. The molecule has 2 unspecified atom stereocenters. The van der Waals surface area contributed by atoms with E-state index in [9.17, 15) is 27.6 Å². The maximum absolute atomic E-state index is 13.6. The summed E-state index contributed by atoms with van der Waals surface area (Å²) < 4.78 is 67.0. The van der Waals surface area contributed by atoms with Crippen molar-refractivity contribution in [2.45, 2.75) is 49.5 Å². The summed E-state index contributed by atoms with van der Waals surface area (Å²) in [6.07, 6.45) is -3.35. The quantitative estimate of drug-likeness (QED) is 0.173. The average Bonchev–Trinajstić information content (AvgIpc) is 3.32. The van der Waals surface area contributed by atoms with Gasteiger partial charge in [0.25, 0.3) is 5.91 Å². The average molecular weight is 650 g/mol. The maximum Gasteiger partial charge on any atom is 0.406 e. The summed E-state index contributed by atoms with van der Waals surface area (Å²) in [6.45, 7) is 2.56. The van der Waals surface area contributed by atoms with Crippen molar-refractivity contribution in [1.82, 2.24) is 14.2 Å². The fraction of sp³-hybridized carbons (Fsp3) is 0.452. The van der Waals surface area contributed by atoms with Crippen molar-refractivity contribution in [3.05, 3.63) is 48.2 Å². The number of hydrogen-bond donors (Lipinski definition) is 4. The molecule has 0 radical (unpaired) electrons. The lowest BCUT2D eigenvalue weighted by molar-refractivity contribution is -0.140. The van der Waals surface area contributed by atoms with Crippen molar-refractivity contribution in [3.8, 4) is 17.6 Å². The van der Waals surface area contributed by atoms with Crippen molar-refractivity contribution in [3.63, 3.8) is 0 Å². The van der Waals surface area contributed by atoms with Crippen molar-refractivity contribution in [2.75, 3.05) is 57.6 Å². The monoisotopic (exact) mass is 649 g/mol. The second-order valence-corrected chi connectivity index (χ2v) is 12.0. The number of β-amino-alcohol motifs (C(OH)–C–C–N with tert-alkyl or cyclic N) is 1. The Bertz CT molecular complexity index is 1510. The van der Waals surface area contributed by atoms with Crippen LogP contribution in [0, 0.1) is 11.8 Å². The van der Waals surface area contributed by atoms with Crippen LogP contribution in [0.2, 0.25) is 0 Å². The van der Waals surface area contributed by atoms with E-state index in [1.807, 2.05) is 6.07 Å². The highest BCUT2D eigenvalue weighted by Gasteiger charge is 2.30. The Morgan fingerprint density at radius 2 is 1.93 bits per heavy atom. The second-order valence-electron chi connectivity index (χ2n) is 10.7. The zero-order valence-electron chi connectivity index (χ0n) is 25.4. The largest absolute Gasteiger partial charge is 0.588 e. The number of aliphatic hydroxyl groups is 1. The van der Waals surface area contributed by atoms with Gasteiger partial charge in [0.1, 0.15) is 23.7 Å². The number of aliphatic hydroxyl groups excluding tert-OH is 1. The predicted molar refractivity (Wildman–Crippen MR) is 168 cm³/mol. The number of amides is 1. The van der Waals surface area contributed by atoms with Crippen molar-refractivity contribution in [1.29, 1.82) is 0 Å². The van der Waals surface area contributed by atoms with Crippen LogP contribution in [0.5, 0.6) is 5.75 Å². The number of methoxy groups -OCH3 is 2. The van der Waals surface area contributed by atoms with E-state index in [0.29, 0.717) is 33.8 Å². The number of nitrogens with one attached hydrogen (secondary N) is 3. The molecule has 1 fully saturated rings. The van der Waals surface area contributed by atoms with Gasteiger partial charge in [-0.25, -0.2) is 0 Å². The first kappa shape index (κ1) is 34.3. The first-order chi connectivity index (χ1) is 21.5. The first-order valence-corrected chi connectivity index (χ1v) is 15.6. The number of alkyl halides is 3. The Morgan fingerprint density at radius 1 is 1.18 bits per heavy atom. The van der Waals surface area contributed by atoms with E-state index in [2.05, 4.69) is 32.1 Å². The van der Waals surface area contributed by atoms with Gasteiger partial charge in [0, 0.05) is 56.8 Å². The normalized spacial score (nSPS) is 15.6. The van der Waals surface area contributed by atoms with E-state index in [0.717, 1.165) is 31.6 Å². The molecule has 1 saturated heterocycles. The summed E-state index contributed by atoms with van der Waals surface area (Å²) in [4.78, 5) is 13.7. The number of aromatic nitrogens is 1. The highest BCUT2D eigenvalue weighted by Crippen LogP contribution is 2.32. The van der Waals surface area contributed by atoms with Crippen LogP contribution in [0.3, 0.4) is 0 Å². The Morgan fingerprint density at radius 3 is 2.60 bits per heavy atom. The van der Waals surface area contributed by atoms with Gasteiger partial charge < -0.3 is 39.2 Å². The molecule has 0 bridgehead atoms. The molecule has 2 heterocycles. The maximum atomic E-state index is 13.6. The molecule has 1 amide bonds. The number of halogens is 3. The number of anilines is 2. The third-order valence-corrected chi connectivity index (χ3v) is 8.42. The molecule has 10 nitrogen and oxygen atoms in total. The zero-order valence-corrected chi connectivity index (χ0v) is 26.2. The highest BCUT2D eigenvalue weighted by molar-refractivity contribution is 7.90. The summed E-state index contributed by atoms with van der Waals surface area (Å²) in [7, 11) is 2.99. The second kappa shape index (κ2) is 15.6. The molecule has 1 aliphatic heterocycles. The fourth-order valence-electron chi connectivity index (χ4n) is 5.28. The molecule has 2 atom stereocenters. The summed E-state index contributed by atoms with van der Waals surface area (Å²) in [6, 6.07) is 11.8. The van der Waals surface area contributed by atoms with Crippen LogP contribution in [0.25, 0.3) is 10.9 Å². The number of fused-ring (bicyclic) bond motifs is 1. The molecule has 3 aromatic rings. The number of hydrogen-bond acceptors (Lipinski definition) is 8. The number of rotatable bonds is 12. The van der Waals surface area contributed by atoms with E-state index in [-0.39, 0.29) is 24.9 Å². The molecule has 244 valence electrons. The summed E-state index contributed by atoms with van der Waals surface area (Å²) in [5, 5.41) is 17.3. The molecule has 45 heavy (non-hydrogen) atoms. The molecule has 14 heteroatoms. The lowest BCUT2D eigenvalue weighted by atomic mass is 10.0. The number of nitrogens with zero attached hydrogens (tertiary/aromatic N) is 2. The molecule has 4 N–H and O–H groups in total. The smallest absolute Gasteiger partial charge is 0.406 e. The lowest BCUT2D eigenvalue weighted by Crippen LogP contribution is -2.43. The van der Waals surface area contributed by atoms with Crippen molar-refractivity contribution >= 4 is 39.5 Å². The van der Waals surface area contributed by atoms with Gasteiger partial charge in [0.05, 0.1) is 43.3 Å². The van der Waals surface area contributed by atoms with Crippen LogP contribution in [0.4, 0.5) is 24.5 Å². The minimum absolute atomic E-state index is 0.0980. The lowest BCUT2D eigenvalue weighted by Gasteiger charge is -2.34. The topological polar surface area (TPSA) is 123 Å². The molecule has 0 saturated carbocycles. The van der Waals surface area contributed by atoms with Gasteiger partial charge in [-0.3, -0.25) is 4.79 Å². The van der Waals surface area contributed by atoms with Gasteiger partial charge in [-0.1, -0.05) is 12.0 Å². The Balaban J connectivity index is 1.49.